The first-order valence-electron chi connectivity index (χ1n) is 13.7. The number of nitrogens with one attached hydrogen (secondary N) is 1. The monoisotopic (exact) mass is 524 g/mol. The Labute approximate surface area is 233 Å². The van der Waals surface area contributed by atoms with Crippen LogP contribution in [0.4, 0.5) is 29.0 Å². The van der Waals surface area contributed by atoms with Crippen molar-refractivity contribution in [3.63, 3.8) is 0 Å². The number of aryl methyl sites for hydroxylation is 1. The van der Waals surface area contributed by atoms with Gasteiger partial charge in [0.15, 0.2) is 0 Å². The SMILES string of the molecule is CC.Cc1ccc(Nc2cc(N(C)C)nc(N3CCN(c4cccc(OCc5ccccc5)c4)CC3)n2)cc1. The summed E-state index contributed by atoms with van der Waals surface area (Å²) in [5.74, 6) is 3.31. The van der Waals surface area contributed by atoms with Crippen LogP contribution in [-0.2, 0) is 6.61 Å². The van der Waals surface area contributed by atoms with Gasteiger partial charge in [0.05, 0.1) is 0 Å². The van der Waals surface area contributed by atoms with Crippen LogP contribution in [0, 0.1) is 6.92 Å². The molecule has 39 heavy (non-hydrogen) atoms. The fourth-order valence-corrected chi connectivity index (χ4v) is 4.32. The first-order valence-corrected chi connectivity index (χ1v) is 13.7. The average Bonchev–Trinajstić information content (AvgIpc) is 2.99. The summed E-state index contributed by atoms with van der Waals surface area (Å²) in [4.78, 5) is 16.4. The van der Waals surface area contributed by atoms with Crippen molar-refractivity contribution in [3.05, 3.63) is 96.1 Å². The van der Waals surface area contributed by atoms with Crippen molar-refractivity contribution in [2.75, 3.05) is 60.3 Å². The molecular formula is C32H40N6O. The molecule has 0 spiro atoms. The Kier molecular flexibility index (Phi) is 9.62. The van der Waals surface area contributed by atoms with E-state index in [1.807, 2.05) is 63.2 Å². The Bertz CT molecular complexity index is 1300. The van der Waals surface area contributed by atoms with Crippen molar-refractivity contribution in [2.45, 2.75) is 27.4 Å². The summed E-state index contributed by atoms with van der Waals surface area (Å²) in [7, 11) is 4.01. The molecule has 7 heteroatoms. The third kappa shape index (κ3) is 7.63. The van der Waals surface area contributed by atoms with Gasteiger partial charge in [0.25, 0.3) is 0 Å². The van der Waals surface area contributed by atoms with Crippen molar-refractivity contribution >= 4 is 29.0 Å². The lowest BCUT2D eigenvalue weighted by molar-refractivity contribution is 0.306. The number of hydrogen-bond donors (Lipinski definition) is 1. The van der Waals surface area contributed by atoms with Gasteiger partial charge in [0, 0.05) is 63.8 Å². The number of piperazine rings is 1. The van der Waals surface area contributed by atoms with Crippen molar-refractivity contribution in [1.82, 2.24) is 9.97 Å². The zero-order valence-electron chi connectivity index (χ0n) is 23.8. The minimum absolute atomic E-state index is 0.566. The minimum Gasteiger partial charge on any atom is -0.489 e. The largest absolute Gasteiger partial charge is 0.489 e. The van der Waals surface area contributed by atoms with Crippen LogP contribution < -0.4 is 24.8 Å². The van der Waals surface area contributed by atoms with Crippen LogP contribution in [0.3, 0.4) is 0 Å². The van der Waals surface area contributed by atoms with E-state index in [1.165, 1.54) is 11.3 Å². The van der Waals surface area contributed by atoms with Crippen LogP contribution in [0.1, 0.15) is 25.0 Å². The second kappa shape index (κ2) is 13.5. The highest BCUT2D eigenvalue weighted by molar-refractivity contribution is 5.62. The lowest BCUT2D eigenvalue weighted by Gasteiger charge is -2.36. The molecule has 1 aliphatic heterocycles. The van der Waals surface area contributed by atoms with Gasteiger partial charge in [-0.05, 0) is 36.8 Å². The standard InChI is InChI=1S/C30H34N6O.C2H6/c1-23-12-14-25(15-13-23)31-28-21-29(34(2)3)33-30(32-28)36-18-16-35(17-19-36)26-10-7-11-27(20-26)37-22-24-8-5-4-6-9-24;1-2/h4-15,20-21H,16-19,22H2,1-3H3,(H,31,32,33);1-2H3. The molecule has 1 fully saturated rings. The molecule has 0 saturated carbocycles. The molecule has 3 aromatic carbocycles. The fourth-order valence-electron chi connectivity index (χ4n) is 4.32. The molecule has 4 aromatic rings. The zero-order chi connectivity index (χ0) is 27.6. The molecule has 1 saturated heterocycles. The Morgan fingerprint density at radius 1 is 0.795 bits per heavy atom. The quantitative estimate of drug-likeness (QED) is 0.281. The third-order valence-corrected chi connectivity index (χ3v) is 6.48. The molecule has 0 bridgehead atoms. The molecule has 2 heterocycles. The number of rotatable bonds is 8. The number of aromatic nitrogens is 2. The van der Waals surface area contributed by atoms with Gasteiger partial charge < -0.3 is 24.8 Å². The van der Waals surface area contributed by atoms with Crippen molar-refractivity contribution < 1.29 is 4.74 Å². The van der Waals surface area contributed by atoms with E-state index >= 15 is 0 Å². The van der Waals surface area contributed by atoms with E-state index in [-0.39, 0.29) is 0 Å². The topological polar surface area (TPSA) is 56.8 Å². The first-order chi connectivity index (χ1) is 19.0. The molecule has 5 rings (SSSR count). The summed E-state index contributed by atoms with van der Waals surface area (Å²) >= 11 is 0. The average molecular weight is 525 g/mol. The fraction of sp³-hybridized carbons (Fsp3) is 0.312. The highest BCUT2D eigenvalue weighted by Crippen LogP contribution is 2.26. The van der Waals surface area contributed by atoms with Crippen LogP contribution in [0.15, 0.2) is 84.9 Å². The highest BCUT2D eigenvalue weighted by atomic mass is 16.5. The van der Waals surface area contributed by atoms with Crippen LogP contribution in [0.5, 0.6) is 5.75 Å². The summed E-state index contributed by atoms with van der Waals surface area (Å²) in [6, 6.07) is 28.9. The molecule has 0 radical (unpaired) electrons. The first kappa shape index (κ1) is 27.8. The Balaban J connectivity index is 0.00000172. The molecule has 1 aromatic heterocycles. The lowest BCUT2D eigenvalue weighted by atomic mass is 10.2. The van der Waals surface area contributed by atoms with Gasteiger partial charge in [-0.25, -0.2) is 0 Å². The van der Waals surface area contributed by atoms with E-state index in [4.69, 9.17) is 14.7 Å². The number of ether oxygens (including phenoxy) is 1. The molecular weight excluding hydrogens is 484 g/mol. The number of anilines is 5. The van der Waals surface area contributed by atoms with Gasteiger partial charge in [0.2, 0.25) is 5.95 Å². The van der Waals surface area contributed by atoms with Gasteiger partial charge in [-0.1, -0.05) is 67.9 Å². The second-order valence-corrected chi connectivity index (χ2v) is 9.54. The van der Waals surface area contributed by atoms with Gasteiger partial charge >= 0.3 is 0 Å². The van der Waals surface area contributed by atoms with Gasteiger partial charge in [0.1, 0.15) is 24.0 Å². The lowest BCUT2D eigenvalue weighted by Crippen LogP contribution is -2.47. The highest BCUT2D eigenvalue weighted by Gasteiger charge is 2.21. The molecule has 0 aliphatic carbocycles. The van der Waals surface area contributed by atoms with Gasteiger partial charge in [-0.2, -0.15) is 9.97 Å². The molecule has 0 amide bonds. The Morgan fingerprint density at radius 2 is 1.49 bits per heavy atom. The maximum Gasteiger partial charge on any atom is 0.229 e. The van der Waals surface area contributed by atoms with Crippen LogP contribution in [0.2, 0.25) is 0 Å². The number of benzene rings is 3. The summed E-state index contributed by atoms with van der Waals surface area (Å²) in [6.45, 7) is 10.1. The van der Waals surface area contributed by atoms with Crippen LogP contribution >= 0.6 is 0 Å². The third-order valence-electron chi connectivity index (χ3n) is 6.48. The predicted octanol–water partition coefficient (Wildman–Crippen LogP) is 6.53. The maximum absolute atomic E-state index is 6.05. The maximum atomic E-state index is 6.05. The molecule has 7 nitrogen and oxygen atoms in total. The van der Waals surface area contributed by atoms with Crippen LogP contribution in [0.25, 0.3) is 0 Å². The van der Waals surface area contributed by atoms with Crippen molar-refractivity contribution in [2.24, 2.45) is 0 Å². The Hall–Kier alpha value is -4.26. The van der Waals surface area contributed by atoms with Crippen molar-refractivity contribution in [3.8, 4) is 5.75 Å². The number of nitrogens with zero attached hydrogens (tertiary/aromatic N) is 5. The van der Waals surface area contributed by atoms with Crippen molar-refractivity contribution in [1.29, 1.82) is 0 Å². The predicted molar refractivity (Wildman–Crippen MR) is 164 cm³/mol. The molecule has 1 N–H and O–H groups in total. The van der Waals surface area contributed by atoms with E-state index in [0.717, 1.165) is 60.8 Å². The summed E-state index contributed by atoms with van der Waals surface area (Å²) < 4.78 is 6.05. The summed E-state index contributed by atoms with van der Waals surface area (Å²) in [5, 5.41) is 3.44. The normalized spacial score (nSPS) is 12.8. The molecule has 1 aliphatic rings. The van der Waals surface area contributed by atoms with E-state index < -0.39 is 0 Å². The smallest absolute Gasteiger partial charge is 0.229 e. The summed E-state index contributed by atoms with van der Waals surface area (Å²) in [6.07, 6.45) is 0. The molecule has 0 atom stereocenters. The van der Waals surface area contributed by atoms with E-state index in [1.54, 1.807) is 0 Å². The van der Waals surface area contributed by atoms with E-state index in [2.05, 4.69) is 76.6 Å². The number of hydrogen-bond acceptors (Lipinski definition) is 7. The van der Waals surface area contributed by atoms with Crippen LogP contribution in [-0.4, -0.2) is 50.2 Å². The Morgan fingerprint density at radius 3 is 2.18 bits per heavy atom. The van der Waals surface area contributed by atoms with Gasteiger partial charge in [-0.15, -0.1) is 0 Å². The summed E-state index contributed by atoms with van der Waals surface area (Å²) in [5.41, 5.74) is 4.58. The van der Waals surface area contributed by atoms with Gasteiger partial charge in [-0.3, -0.25) is 0 Å². The minimum atomic E-state index is 0.566. The second-order valence-electron chi connectivity index (χ2n) is 9.54. The zero-order valence-corrected chi connectivity index (χ0v) is 23.8. The molecule has 0 unspecified atom stereocenters. The molecule has 204 valence electrons. The van der Waals surface area contributed by atoms with E-state index in [0.29, 0.717) is 6.61 Å². The van der Waals surface area contributed by atoms with E-state index in [9.17, 15) is 0 Å².